The van der Waals surface area contributed by atoms with Crippen LogP contribution in [0, 0.1) is 0 Å². The third-order valence-corrected chi connectivity index (χ3v) is 5.63. The lowest BCUT2D eigenvalue weighted by molar-refractivity contribution is -0.122. The van der Waals surface area contributed by atoms with Crippen molar-refractivity contribution in [3.63, 3.8) is 0 Å². The van der Waals surface area contributed by atoms with Crippen molar-refractivity contribution in [2.45, 2.75) is 24.7 Å². The molecule has 3 rings (SSSR count). The van der Waals surface area contributed by atoms with Gasteiger partial charge in [-0.1, -0.05) is 54.1 Å². The molecule has 7 heteroatoms. The van der Waals surface area contributed by atoms with Crippen LogP contribution in [0.2, 0.25) is 5.02 Å². The van der Waals surface area contributed by atoms with Gasteiger partial charge in [-0.05, 0) is 29.2 Å². The summed E-state index contributed by atoms with van der Waals surface area (Å²) in [5.74, 6) is -0.936. The highest BCUT2D eigenvalue weighted by Gasteiger charge is 2.25. The molecule has 0 bridgehead atoms. The highest BCUT2D eigenvalue weighted by atomic mass is 35.5. The summed E-state index contributed by atoms with van der Waals surface area (Å²) in [7, 11) is -3.82. The first-order valence-electron chi connectivity index (χ1n) is 7.91. The minimum atomic E-state index is -3.82. The molecule has 2 aromatic carbocycles. The summed E-state index contributed by atoms with van der Waals surface area (Å²) in [6.45, 7) is 0.515. The van der Waals surface area contributed by atoms with Gasteiger partial charge in [-0.3, -0.25) is 9.52 Å². The van der Waals surface area contributed by atoms with E-state index >= 15 is 0 Å². The van der Waals surface area contributed by atoms with Crippen LogP contribution in [0.1, 0.15) is 29.2 Å². The summed E-state index contributed by atoms with van der Waals surface area (Å²) in [5.41, 5.74) is 2.52. The smallest absolute Gasteiger partial charge is 0.239 e. The average molecular weight is 380 g/mol. The molecule has 1 amide bonds. The molecule has 0 radical (unpaired) electrons. The number of sulfonamides is 1. The molecular formula is C18H18ClNO4S. The lowest BCUT2D eigenvalue weighted by Crippen LogP contribution is -2.33. The number of halogens is 1. The van der Waals surface area contributed by atoms with Crippen molar-refractivity contribution in [1.82, 2.24) is 4.72 Å². The number of benzene rings is 2. The number of amides is 1. The van der Waals surface area contributed by atoms with Crippen molar-refractivity contribution in [1.29, 1.82) is 0 Å². The molecule has 0 saturated carbocycles. The Morgan fingerprint density at radius 3 is 2.68 bits per heavy atom. The molecular weight excluding hydrogens is 362 g/mol. The summed E-state index contributed by atoms with van der Waals surface area (Å²) < 4.78 is 32.2. The quantitative estimate of drug-likeness (QED) is 0.866. The van der Waals surface area contributed by atoms with E-state index in [2.05, 4.69) is 4.72 Å². The van der Waals surface area contributed by atoms with Gasteiger partial charge in [0.05, 0.1) is 24.9 Å². The second-order valence-electron chi connectivity index (χ2n) is 5.89. The van der Waals surface area contributed by atoms with Crippen LogP contribution >= 0.6 is 11.6 Å². The molecule has 5 nitrogen and oxygen atoms in total. The molecule has 132 valence electrons. The van der Waals surface area contributed by atoms with E-state index in [9.17, 15) is 13.2 Å². The van der Waals surface area contributed by atoms with Crippen molar-refractivity contribution in [3.05, 3.63) is 70.2 Å². The van der Waals surface area contributed by atoms with Gasteiger partial charge in [-0.15, -0.1) is 0 Å². The monoisotopic (exact) mass is 379 g/mol. The highest BCUT2D eigenvalue weighted by Crippen LogP contribution is 2.29. The van der Waals surface area contributed by atoms with Gasteiger partial charge in [0.2, 0.25) is 15.9 Å². The van der Waals surface area contributed by atoms with Gasteiger partial charge in [0.15, 0.2) is 0 Å². The Kier molecular flexibility index (Phi) is 5.42. The summed E-state index contributed by atoms with van der Waals surface area (Å²) >= 11 is 5.98. The van der Waals surface area contributed by atoms with Gasteiger partial charge < -0.3 is 4.74 Å². The van der Waals surface area contributed by atoms with Crippen molar-refractivity contribution < 1.29 is 17.9 Å². The lowest BCUT2D eigenvalue weighted by Gasteiger charge is -2.25. The first kappa shape index (κ1) is 17.9. The van der Waals surface area contributed by atoms with Gasteiger partial charge in [0.1, 0.15) is 0 Å². The topological polar surface area (TPSA) is 72.5 Å². The maximum atomic E-state index is 12.2. The van der Waals surface area contributed by atoms with Crippen molar-refractivity contribution >= 4 is 27.5 Å². The summed E-state index contributed by atoms with van der Waals surface area (Å²) in [6, 6.07) is 14.4. The zero-order chi connectivity index (χ0) is 17.9. The number of hydrogen-bond acceptors (Lipinski definition) is 4. The molecule has 0 aromatic heterocycles. The molecule has 1 aliphatic rings. The number of rotatable bonds is 5. The van der Waals surface area contributed by atoms with E-state index in [1.807, 2.05) is 24.3 Å². The maximum Gasteiger partial charge on any atom is 0.239 e. The number of ether oxygens (including phenoxy) is 1. The largest absolute Gasteiger partial charge is 0.373 e. The Morgan fingerprint density at radius 2 is 1.88 bits per heavy atom. The maximum absolute atomic E-state index is 12.2. The molecule has 0 fully saturated rings. The number of fused-ring (bicyclic) bond motifs is 1. The van der Waals surface area contributed by atoms with E-state index in [0.29, 0.717) is 17.2 Å². The lowest BCUT2D eigenvalue weighted by atomic mass is 9.96. The van der Waals surface area contributed by atoms with Crippen LogP contribution in [0.25, 0.3) is 0 Å². The Bertz CT molecular complexity index is 882. The van der Waals surface area contributed by atoms with Gasteiger partial charge in [-0.25, -0.2) is 8.42 Å². The SMILES string of the molecule is O=C(C[C@@H]1OCCc2ccccc21)NS(=O)(=O)Cc1ccccc1Cl. The second kappa shape index (κ2) is 7.56. The fourth-order valence-corrected chi connectivity index (χ4v) is 4.33. The zero-order valence-corrected chi connectivity index (χ0v) is 15.0. The molecule has 1 N–H and O–H groups in total. The van der Waals surface area contributed by atoms with Crippen molar-refractivity contribution in [2.24, 2.45) is 0 Å². The minimum Gasteiger partial charge on any atom is -0.373 e. The van der Waals surface area contributed by atoms with Gasteiger partial charge in [0.25, 0.3) is 0 Å². The van der Waals surface area contributed by atoms with Crippen LogP contribution < -0.4 is 4.72 Å². The predicted octanol–water partition coefficient (Wildman–Crippen LogP) is 2.99. The first-order valence-corrected chi connectivity index (χ1v) is 9.94. The van der Waals surface area contributed by atoms with Crippen molar-refractivity contribution in [2.75, 3.05) is 6.61 Å². The highest BCUT2D eigenvalue weighted by molar-refractivity contribution is 7.89. The third kappa shape index (κ3) is 4.60. The average Bonchev–Trinajstić information content (AvgIpc) is 2.56. The minimum absolute atomic E-state index is 0.0429. The Morgan fingerprint density at radius 1 is 1.16 bits per heavy atom. The zero-order valence-electron chi connectivity index (χ0n) is 13.4. The van der Waals surface area contributed by atoms with E-state index in [4.69, 9.17) is 16.3 Å². The Balaban J connectivity index is 1.66. The number of nitrogens with one attached hydrogen (secondary N) is 1. The molecule has 0 unspecified atom stereocenters. The van der Waals surface area contributed by atoms with Gasteiger partial charge in [-0.2, -0.15) is 0 Å². The van der Waals surface area contributed by atoms with Crippen LogP contribution in [-0.4, -0.2) is 20.9 Å². The molecule has 0 saturated heterocycles. The predicted molar refractivity (Wildman–Crippen MR) is 95.7 cm³/mol. The molecule has 0 spiro atoms. The normalized spacial score (nSPS) is 16.9. The summed E-state index contributed by atoms with van der Waals surface area (Å²) in [5, 5.41) is 0.352. The second-order valence-corrected chi connectivity index (χ2v) is 8.02. The number of carbonyl (C=O) groups excluding carboxylic acids is 1. The summed E-state index contributed by atoms with van der Waals surface area (Å²) in [4.78, 5) is 12.2. The van der Waals surface area contributed by atoms with Crippen LogP contribution in [0.5, 0.6) is 0 Å². The van der Waals surface area contributed by atoms with E-state index < -0.39 is 22.0 Å². The number of carbonyl (C=O) groups is 1. The first-order chi connectivity index (χ1) is 11.9. The van der Waals surface area contributed by atoms with Crippen LogP contribution in [0.15, 0.2) is 48.5 Å². The van der Waals surface area contributed by atoms with E-state index in [1.54, 1.807) is 24.3 Å². The standard InChI is InChI=1S/C18H18ClNO4S/c19-16-8-4-2-6-14(16)12-25(22,23)20-18(21)11-17-15-7-3-1-5-13(15)9-10-24-17/h1-8,17H,9-12H2,(H,20,21)/t17-/m0/s1. The van der Waals surface area contributed by atoms with Crippen molar-refractivity contribution in [3.8, 4) is 0 Å². The van der Waals surface area contributed by atoms with Crippen LogP contribution in [0.3, 0.4) is 0 Å². The third-order valence-electron chi connectivity index (χ3n) is 4.04. The van der Waals surface area contributed by atoms with Gasteiger partial charge >= 0.3 is 0 Å². The fourth-order valence-electron chi connectivity index (χ4n) is 2.89. The molecule has 1 atom stereocenters. The molecule has 2 aromatic rings. The fraction of sp³-hybridized carbons (Fsp3) is 0.278. The van der Waals surface area contributed by atoms with E-state index in [1.165, 1.54) is 0 Å². The van der Waals surface area contributed by atoms with Gasteiger partial charge in [0, 0.05) is 5.02 Å². The molecule has 1 heterocycles. The molecule has 1 aliphatic heterocycles. The summed E-state index contributed by atoms with van der Waals surface area (Å²) in [6.07, 6.45) is 0.318. The Hall–Kier alpha value is -1.89. The van der Waals surface area contributed by atoms with E-state index in [-0.39, 0.29) is 12.2 Å². The van der Waals surface area contributed by atoms with Crippen LogP contribution in [0.4, 0.5) is 0 Å². The number of hydrogen-bond donors (Lipinski definition) is 1. The van der Waals surface area contributed by atoms with E-state index in [0.717, 1.165) is 17.5 Å². The molecule has 0 aliphatic carbocycles. The molecule has 25 heavy (non-hydrogen) atoms. The van der Waals surface area contributed by atoms with Crippen LogP contribution in [-0.2, 0) is 31.7 Å². The Labute approximate surface area is 152 Å².